The van der Waals surface area contributed by atoms with E-state index in [4.69, 9.17) is 0 Å². The Morgan fingerprint density at radius 2 is 2.33 bits per heavy atom. The van der Waals surface area contributed by atoms with E-state index in [0.29, 0.717) is 12.0 Å². The van der Waals surface area contributed by atoms with E-state index in [1.165, 1.54) is 23.3 Å². The molecule has 1 atom stereocenters. The number of nitrogens with zero attached hydrogens (tertiary/aromatic N) is 3. The first kappa shape index (κ1) is 12.6. The Balaban J connectivity index is 1.73. The van der Waals surface area contributed by atoms with E-state index in [9.17, 15) is 0 Å². The molecule has 0 amide bonds. The van der Waals surface area contributed by atoms with Gasteiger partial charge >= 0.3 is 0 Å². The lowest BCUT2D eigenvalue weighted by Crippen LogP contribution is -2.17. The fraction of sp³-hybridized carbons (Fsp3) is 0.357. The minimum Gasteiger partial charge on any atom is -0.362 e. The van der Waals surface area contributed by atoms with Gasteiger partial charge in [-0.2, -0.15) is 15.1 Å². The molecule has 0 saturated heterocycles. The summed E-state index contributed by atoms with van der Waals surface area (Å²) in [6.45, 7) is 0. The van der Waals surface area contributed by atoms with Gasteiger partial charge in [-0.15, -0.1) is 11.3 Å². The largest absolute Gasteiger partial charge is 0.362 e. The number of aromatic nitrogens is 4. The van der Waals surface area contributed by atoms with Gasteiger partial charge in [-0.3, -0.25) is 5.10 Å². The molecule has 1 aliphatic rings. The van der Waals surface area contributed by atoms with Crippen LogP contribution in [-0.2, 0) is 6.42 Å². The maximum atomic E-state index is 4.55. The van der Waals surface area contributed by atoms with Crippen molar-refractivity contribution in [3.05, 3.63) is 28.1 Å². The third-order valence-corrected chi connectivity index (χ3v) is 4.89. The Morgan fingerprint density at radius 3 is 3.24 bits per heavy atom. The first-order chi connectivity index (χ1) is 10.3. The third-order valence-electron chi connectivity index (χ3n) is 3.90. The molecule has 1 unspecified atom stereocenters. The van der Waals surface area contributed by atoms with Gasteiger partial charge in [-0.1, -0.05) is 0 Å². The summed E-state index contributed by atoms with van der Waals surface area (Å²) in [6, 6.07) is 2.54. The maximum Gasteiger partial charge on any atom is 0.226 e. The van der Waals surface area contributed by atoms with Gasteiger partial charge < -0.3 is 10.6 Å². The summed E-state index contributed by atoms with van der Waals surface area (Å²) in [5.74, 6) is 1.43. The Labute approximate surface area is 126 Å². The van der Waals surface area contributed by atoms with Gasteiger partial charge in [0.25, 0.3) is 0 Å². The Kier molecular flexibility index (Phi) is 2.99. The summed E-state index contributed by atoms with van der Waals surface area (Å²) in [7, 11) is 1.82. The minimum atomic E-state index is 0.317. The van der Waals surface area contributed by atoms with Gasteiger partial charge in [0.05, 0.1) is 17.6 Å². The standard InChI is InChI=1S/C14H16N6S/c1-15-14-18-12(9-7-16-20-13(9)19-14)17-10-3-2-4-11-8(10)5-6-21-11/h5-7,10H,2-4H2,1H3,(H3,15,16,17,18,19,20). The highest BCUT2D eigenvalue weighted by Crippen LogP contribution is 2.36. The van der Waals surface area contributed by atoms with E-state index in [1.54, 1.807) is 6.20 Å². The molecule has 0 bridgehead atoms. The normalized spacial score (nSPS) is 17.7. The number of thiophene rings is 1. The lowest BCUT2D eigenvalue weighted by molar-refractivity contribution is 0.607. The smallest absolute Gasteiger partial charge is 0.226 e. The molecule has 7 heteroatoms. The lowest BCUT2D eigenvalue weighted by atomic mass is 9.94. The van der Waals surface area contributed by atoms with Crippen LogP contribution in [0.25, 0.3) is 11.0 Å². The van der Waals surface area contributed by atoms with E-state index >= 15 is 0 Å². The molecule has 0 saturated carbocycles. The number of hydrogen-bond donors (Lipinski definition) is 3. The molecule has 6 nitrogen and oxygen atoms in total. The van der Waals surface area contributed by atoms with Crippen molar-refractivity contribution in [1.82, 2.24) is 20.2 Å². The number of anilines is 2. The molecule has 0 fully saturated rings. The van der Waals surface area contributed by atoms with E-state index in [1.807, 2.05) is 18.4 Å². The van der Waals surface area contributed by atoms with Gasteiger partial charge in [0.15, 0.2) is 5.65 Å². The number of aromatic amines is 1. The van der Waals surface area contributed by atoms with Crippen LogP contribution in [0.1, 0.15) is 29.3 Å². The second kappa shape index (κ2) is 5.00. The zero-order valence-corrected chi connectivity index (χ0v) is 12.5. The first-order valence-electron chi connectivity index (χ1n) is 7.07. The van der Waals surface area contributed by atoms with Gasteiger partial charge in [0.1, 0.15) is 5.82 Å². The second-order valence-electron chi connectivity index (χ2n) is 5.17. The number of hydrogen-bond acceptors (Lipinski definition) is 6. The molecular weight excluding hydrogens is 284 g/mol. The van der Waals surface area contributed by atoms with Gasteiger partial charge in [-0.25, -0.2) is 0 Å². The molecule has 3 aromatic rings. The molecule has 3 heterocycles. The first-order valence-corrected chi connectivity index (χ1v) is 7.95. The molecule has 0 spiro atoms. The van der Waals surface area contributed by atoms with E-state index in [2.05, 4.69) is 42.2 Å². The fourth-order valence-corrected chi connectivity index (χ4v) is 3.85. The Hall–Kier alpha value is -2.15. The second-order valence-corrected chi connectivity index (χ2v) is 6.17. The highest BCUT2D eigenvalue weighted by atomic mass is 32.1. The van der Waals surface area contributed by atoms with Gasteiger partial charge in [0, 0.05) is 11.9 Å². The van der Waals surface area contributed by atoms with Crippen LogP contribution in [0.15, 0.2) is 17.6 Å². The number of nitrogens with one attached hydrogen (secondary N) is 3. The Morgan fingerprint density at radius 1 is 1.38 bits per heavy atom. The number of fused-ring (bicyclic) bond motifs is 2. The quantitative estimate of drug-likeness (QED) is 0.693. The number of H-pyrrole nitrogens is 1. The predicted octanol–water partition coefficient (Wildman–Crippen LogP) is 2.95. The highest BCUT2D eigenvalue weighted by molar-refractivity contribution is 7.10. The fourth-order valence-electron chi connectivity index (χ4n) is 2.86. The molecule has 3 aromatic heterocycles. The van der Waals surface area contributed by atoms with Crippen LogP contribution in [0.5, 0.6) is 0 Å². The van der Waals surface area contributed by atoms with E-state index in [-0.39, 0.29) is 0 Å². The summed E-state index contributed by atoms with van der Waals surface area (Å²) >= 11 is 1.85. The summed E-state index contributed by atoms with van der Waals surface area (Å²) in [4.78, 5) is 10.4. The van der Waals surface area contributed by atoms with Crippen LogP contribution in [0.4, 0.5) is 11.8 Å². The van der Waals surface area contributed by atoms with Crippen LogP contribution in [0.2, 0.25) is 0 Å². The van der Waals surface area contributed by atoms with E-state index < -0.39 is 0 Å². The van der Waals surface area contributed by atoms with Crippen molar-refractivity contribution in [2.45, 2.75) is 25.3 Å². The van der Waals surface area contributed by atoms with Crippen LogP contribution in [0.3, 0.4) is 0 Å². The minimum absolute atomic E-state index is 0.317. The van der Waals surface area contributed by atoms with Crippen molar-refractivity contribution in [2.24, 2.45) is 0 Å². The van der Waals surface area contributed by atoms with Crippen molar-refractivity contribution >= 4 is 34.1 Å². The zero-order valence-electron chi connectivity index (χ0n) is 11.7. The zero-order chi connectivity index (χ0) is 14.2. The maximum absolute atomic E-state index is 4.55. The lowest BCUT2D eigenvalue weighted by Gasteiger charge is -2.24. The molecule has 0 aliphatic heterocycles. The number of aryl methyl sites for hydroxylation is 1. The monoisotopic (exact) mass is 300 g/mol. The van der Waals surface area contributed by atoms with Gasteiger partial charge in [0.2, 0.25) is 5.95 Å². The van der Waals surface area contributed by atoms with Crippen molar-refractivity contribution < 1.29 is 0 Å². The molecule has 108 valence electrons. The predicted molar refractivity (Wildman–Crippen MR) is 84.9 cm³/mol. The summed E-state index contributed by atoms with van der Waals surface area (Å²) < 4.78 is 0. The van der Waals surface area contributed by atoms with Crippen molar-refractivity contribution in [3.63, 3.8) is 0 Å². The van der Waals surface area contributed by atoms with Crippen molar-refractivity contribution in [3.8, 4) is 0 Å². The molecule has 21 heavy (non-hydrogen) atoms. The van der Waals surface area contributed by atoms with Crippen LogP contribution in [-0.4, -0.2) is 27.2 Å². The average Bonchev–Trinajstić information content (AvgIpc) is 3.16. The molecular formula is C14H16N6S. The average molecular weight is 300 g/mol. The molecule has 0 aromatic carbocycles. The number of rotatable bonds is 3. The molecule has 1 aliphatic carbocycles. The highest BCUT2D eigenvalue weighted by Gasteiger charge is 2.22. The SMILES string of the molecule is CNc1nc(NC2CCCc3sccc32)c2cn[nH]c2n1. The molecule has 0 radical (unpaired) electrons. The summed E-state index contributed by atoms with van der Waals surface area (Å²) in [5, 5.41) is 16.7. The third kappa shape index (κ3) is 2.13. The van der Waals surface area contributed by atoms with Crippen LogP contribution < -0.4 is 10.6 Å². The van der Waals surface area contributed by atoms with Crippen LogP contribution >= 0.6 is 11.3 Å². The van der Waals surface area contributed by atoms with E-state index in [0.717, 1.165) is 23.3 Å². The summed E-state index contributed by atoms with van der Waals surface area (Å²) in [5.41, 5.74) is 2.16. The molecule has 4 rings (SSSR count). The summed E-state index contributed by atoms with van der Waals surface area (Å²) in [6.07, 6.45) is 5.30. The van der Waals surface area contributed by atoms with Crippen molar-refractivity contribution in [2.75, 3.05) is 17.7 Å². The topological polar surface area (TPSA) is 78.5 Å². The van der Waals surface area contributed by atoms with Crippen molar-refractivity contribution in [1.29, 1.82) is 0 Å². The van der Waals surface area contributed by atoms with Crippen LogP contribution in [0, 0.1) is 0 Å². The molecule has 3 N–H and O–H groups in total. The van der Waals surface area contributed by atoms with Gasteiger partial charge in [-0.05, 0) is 36.3 Å². The Bertz CT molecular complexity index is 777.